The van der Waals surface area contributed by atoms with Crippen LogP contribution in [0.5, 0.6) is 17.2 Å². The highest BCUT2D eigenvalue weighted by atomic mass is 16.7. The van der Waals surface area contributed by atoms with Gasteiger partial charge in [0.2, 0.25) is 12.7 Å². The number of carbonyl (C=O) groups excluding carboxylic acids is 1. The zero-order valence-electron chi connectivity index (χ0n) is 12.1. The molecule has 1 N–H and O–H groups in total. The van der Waals surface area contributed by atoms with E-state index in [1.165, 1.54) is 0 Å². The van der Waals surface area contributed by atoms with E-state index in [2.05, 4.69) is 5.32 Å². The van der Waals surface area contributed by atoms with Gasteiger partial charge in [-0.3, -0.25) is 4.79 Å². The molecule has 0 aliphatic carbocycles. The van der Waals surface area contributed by atoms with E-state index in [4.69, 9.17) is 14.2 Å². The number of hydrogen-bond donors (Lipinski definition) is 1. The molecule has 4 rings (SSSR count). The van der Waals surface area contributed by atoms with Crippen molar-refractivity contribution in [1.82, 2.24) is 0 Å². The third-order valence-electron chi connectivity index (χ3n) is 4.10. The Morgan fingerprint density at radius 3 is 2.59 bits per heavy atom. The zero-order chi connectivity index (χ0) is 15.1. The lowest BCUT2D eigenvalue weighted by Gasteiger charge is -2.26. The van der Waals surface area contributed by atoms with Crippen LogP contribution in [0.15, 0.2) is 36.4 Å². The monoisotopic (exact) mass is 297 g/mol. The number of carbonyl (C=O) groups is 1. The van der Waals surface area contributed by atoms with Gasteiger partial charge in [-0.15, -0.1) is 0 Å². The molecule has 2 aliphatic heterocycles. The molecule has 0 spiro atoms. The second-order valence-corrected chi connectivity index (χ2v) is 5.37. The second-order valence-electron chi connectivity index (χ2n) is 5.37. The molecule has 2 aromatic rings. The van der Waals surface area contributed by atoms with Crippen molar-refractivity contribution in [3.63, 3.8) is 0 Å². The van der Waals surface area contributed by atoms with Crippen molar-refractivity contribution in [3.05, 3.63) is 47.5 Å². The first-order valence-electron chi connectivity index (χ1n) is 7.12. The van der Waals surface area contributed by atoms with E-state index in [9.17, 15) is 4.79 Å². The van der Waals surface area contributed by atoms with Crippen molar-refractivity contribution in [2.24, 2.45) is 0 Å². The molecule has 2 aromatic carbocycles. The Labute approximate surface area is 127 Å². The van der Waals surface area contributed by atoms with E-state index < -0.39 is 0 Å². The molecule has 5 heteroatoms. The molecule has 0 saturated carbocycles. The van der Waals surface area contributed by atoms with Crippen LogP contribution in [0.2, 0.25) is 0 Å². The Morgan fingerprint density at radius 2 is 1.86 bits per heavy atom. The molecule has 0 fully saturated rings. The van der Waals surface area contributed by atoms with E-state index in [1.807, 2.05) is 36.4 Å². The number of amides is 1. The molecule has 0 saturated heterocycles. The molecule has 0 unspecified atom stereocenters. The van der Waals surface area contributed by atoms with Crippen molar-refractivity contribution in [3.8, 4) is 17.2 Å². The van der Waals surface area contributed by atoms with Gasteiger partial charge in [0.25, 0.3) is 0 Å². The minimum absolute atomic E-state index is 0.00385. The minimum Gasteiger partial charge on any atom is -0.497 e. The Hall–Kier alpha value is -2.69. The van der Waals surface area contributed by atoms with Gasteiger partial charge in [-0.2, -0.15) is 0 Å². The summed E-state index contributed by atoms with van der Waals surface area (Å²) in [6.07, 6.45) is 0.416. The minimum atomic E-state index is 0.00385. The van der Waals surface area contributed by atoms with Gasteiger partial charge in [0.1, 0.15) is 5.75 Å². The average molecular weight is 297 g/mol. The number of rotatable bonds is 2. The lowest BCUT2D eigenvalue weighted by molar-refractivity contribution is -0.116. The summed E-state index contributed by atoms with van der Waals surface area (Å²) in [5.41, 5.74) is 2.92. The van der Waals surface area contributed by atoms with Crippen LogP contribution in [0.4, 0.5) is 5.69 Å². The summed E-state index contributed by atoms with van der Waals surface area (Å²) in [5.74, 6) is 2.22. The molecule has 1 amide bonds. The largest absolute Gasteiger partial charge is 0.497 e. The predicted molar refractivity (Wildman–Crippen MR) is 80.6 cm³/mol. The van der Waals surface area contributed by atoms with E-state index in [0.717, 1.165) is 28.3 Å². The first kappa shape index (κ1) is 13.0. The van der Waals surface area contributed by atoms with Gasteiger partial charge >= 0.3 is 0 Å². The van der Waals surface area contributed by atoms with Gasteiger partial charge in [0.05, 0.1) is 7.11 Å². The summed E-state index contributed by atoms with van der Waals surface area (Å²) >= 11 is 0. The maximum atomic E-state index is 12.0. The number of hydrogen-bond acceptors (Lipinski definition) is 4. The molecule has 0 radical (unpaired) electrons. The highest BCUT2D eigenvalue weighted by Gasteiger charge is 2.29. The van der Waals surface area contributed by atoms with Crippen molar-refractivity contribution in [2.45, 2.75) is 12.3 Å². The third kappa shape index (κ3) is 2.06. The summed E-state index contributed by atoms with van der Waals surface area (Å²) in [5, 5.41) is 2.91. The van der Waals surface area contributed by atoms with Crippen LogP contribution in [-0.2, 0) is 4.79 Å². The number of ether oxygens (including phenoxy) is 3. The summed E-state index contributed by atoms with van der Waals surface area (Å²) in [6.45, 7) is 0.222. The molecule has 22 heavy (non-hydrogen) atoms. The van der Waals surface area contributed by atoms with Crippen LogP contribution in [0, 0.1) is 0 Å². The lowest BCUT2D eigenvalue weighted by atomic mass is 9.84. The van der Waals surface area contributed by atoms with Gasteiger partial charge in [-0.25, -0.2) is 0 Å². The van der Waals surface area contributed by atoms with Crippen LogP contribution < -0.4 is 19.5 Å². The van der Waals surface area contributed by atoms with E-state index in [1.54, 1.807) is 7.11 Å². The zero-order valence-corrected chi connectivity index (χ0v) is 12.1. The fourth-order valence-corrected chi connectivity index (χ4v) is 2.98. The molecule has 112 valence electrons. The smallest absolute Gasteiger partial charge is 0.231 e. The van der Waals surface area contributed by atoms with Crippen molar-refractivity contribution < 1.29 is 19.0 Å². The first-order valence-corrected chi connectivity index (χ1v) is 7.12. The molecule has 0 bridgehead atoms. The topological polar surface area (TPSA) is 56.8 Å². The van der Waals surface area contributed by atoms with E-state index >= 15 is 0 Å². The fourth-order valence-electron chi connectivity index (χ4n) is 2.98. The maximum absolute atomic E-state index is 12.0. The van der Waals surface area contributed by atoms with Crippen molar-refractivity contribution in [1.29, 1.82) is 0 Å². The Bertz CT molecular complexity index is 739. The summed E-state index contributed by atoms with van der Waals surface area (Å²) in [6, 6.07) is 11.6. The van der Waals surface area contributed by atoms with Gasteiger partial charge in [0.15, 0.2) is 11.5 Å². The van der Waals surface area contributed by atoms with Crippen molar-refractivity contribution >= 4 is 11.6 Å². The summed E-state index contributed by atoms with van der Waals surface area (Å²) in [4.78, 5) is 12.0. The molecule has 5 nitrogen and oxygen atoms in total. The number of anilines is 1. The molecular weight excluding hydrogens is 282 g/mol. The van der Waals surface area contributed by atoms with E-state index in [0.29, 0.717) is 12.2 Å². The van der Waals surface area contributed by atoms with Gasteiger partial charge in [-0.05, 0) is 29.3 Å². The summed E-state index contributed by atoms with van der Waals surface area (Å²) in [7, 11) is 1.64. The SMILES string of the molecule is COc1ccc([C@H]2CC(=O)Nc3cc4c(cc32)OCO4)cc1. The van der Waals surface area contributed by atoms with Crippen LogP contribution >= 0.6 is 0 Å². The molecular formula is C17H15NO4. The third-order valence-corrected chi connectivity index (χ3v) is 4.10. The predicted octanol–water partition coefficient (Wildman–Crippen LogP) is 2.90. The number of benzene rings is 2. The Balaban J connectivity index is 1.79. The van der Waals surface area contributed by atoms with Crippen molar-refractivity contribution in [2.75, 3.05) is 19.2 Å². The van der Waals surface area contributed by atoms with Gasteiger partial charge < -0.3 is 19.5 Å². The normalized spacial score (nSPS) is 18.6. The first-order chi connectivity index (χ1) is 10.7. The summed E-state index contributed by atoms with van der Waals surface area (Å²) < 4.78 is 16.0. The molecule has 2 aliphatic rings. The number of nitrogens with one attached hydrogen (secondary N) is 1. The number of methoxy groups -OCH3 is 1. The van der Waals surface area contributed by atoms with Crippen LogP contribution in [0.25, 0.3) is 0 Å². The highest BCUT2D eigenvalue weighted by Crippen LogP contribution is 2.44. The van der Waals surface area contributed by atoms with Gasteiger partial charge in [-0.1, -0.05) is 12.1 Å². The van der Waals surface area contributed by atoms with Crippen LogP contribution in [0.3, 0.4) is 0 Å². The highest BCUT2D eigenvalue weighted by molar-refractivity contribution is 5.96. The average Bonchev–Trinajstić information content (AvgIpc) is 2.99. The standard InChI is InChI=1S/C17H15NO4/c1-20-11-4-2-10(3-5-11)12-7-17(19)18-14-8-16-15(6-13(12)14)21-9-22-16/h2-6,8,12H,7,9H2,1H3,(H,18,19)/t12-/m1/s1. The molecule has 0 aromatic heterocycles. The van der Waals surface area contributed by atoms with Crippen LogP contribution in [0.1, 0.15) is 23.5 Å². The second kappa shape index (κ2) is 4.94. The van der Waals surface area contributed by atoms with Gasteiger partial charge in [0, 0.05) is 24.1 Å². The molecule has 2 heterocycles. The fraction of sp³-hybridized carbons (Fsp3) is 0.235. The Morgan fingerprint density at radius 1 is 1.14 bits per heavy atom. The maximum Gasteiger partial charge on any atom is 0.231 e. The number of fused-ring (bicyclic) bond motifs is 2. The quantitative estimate of drug-likeness (QED) is 0.926. The lowest BCUT2D eigenvalue weighted by Crippen LogP contribution is -2.23. The van der Waals surface area contributed by atoms with Crippen LogP contribution in [-0.4, -0.2) is 19.8 Å². The van der Waals surface area contributed by atoms with E-state index in [-0.39, 0.29) is 18.6 Å². The Kier molecular flexibility index (Phi) is 2.92. The molecule has 1 atom stereocenters.